The maximum atomic E-state index is 12.5. The number of carbonyl (C=O) groups is 4. The van der Waals surface area contributed by atoms with Crippen molar-refractivity contribution >= 4 is 29.6 Å². The Labute approximate surface area is 171 Å². The van der Waals surface area contributed by atoms with E-state index in [1.807, 2.05) is 0 Å². The molecule has 2 rings (SSSR count). The first kappa shape index (κ1) is 23.0. The van der Waals surface area contributed by atoms with Gasteiger partial charge in [-0.2, -0.15) is 4.98 Å². The molecule has 12 heteroatoms. The Morgan fingerprint density at radius 3 is 2.23 bits per heavy atom. The van der Waals surface area contributed by atoms with Crippen molar-refractivity contribution in [3.8, 4) is 0 Å². The molecule has 0 aromatic carbocycles. The maximum Gasteiger partial charge on any atom is 0.351 e. The smallest absolute Gasteiger partial charge is 0.351 e. The molecule has 0 spiro atoms. The highest BCUT2D eigenvalue weighted by Gasteiger charge is 2.49. The monoisotopic (exact) mass is 425 g/mol. The molecule has 1 aromatic heterocycles. The summed E-state index contributed by atoms with van der Waals surface area (Å²) in [5, 5.41) is 2.39. The maximum absolute atomic E-state index is 12.5. The van der Waals surface area contributed by atoms with E-state index in [4.69, 9.17) is 18.9 Å². The van der Waals surface area contributed by atoms with E-state index >= 15 is 0 Å². The second kappa shape index (κ2) is 9.96. The number of ether oxygens (including phenoxy) is 4. The van der Waals surface area contributed by atoms with Crippen LogP contribution in [0.5, 0.6) is 0 Å². The van der Waals surface area contributed by atoms with Crippen LogP contribution in [-0.2, 0) is 38.1 Å². The van der Waals surface area contributed by atoms with Crippen LogP contribution in [0.15, 0.2) is 17.1 Å². The van der Waals surface area contributed by atoms with Gasteiger partial charge in [0.25, 0.3) is 0 Å². The number of nitrogens with zero attached hydrogens (tertiary/aromatic N) is 2. The number of nitrogens with one attached hydrogen (secondary N) is 1. The number of rotatable bonds is 7. The van der Waals surface area contributed by atoms with E-state index in [1.165, 1.54) is 40.0 Å². The van der Waals surface area contributed by atoms with Crippen LogP contribution in [0.2, 0.25) is 0 Å². The molecule has 12 nitrogen and oxygen atoms in total. The highest BCUT2D eigenvalue weighted by atomic mass is 16.6. The molecule has 0 aliphatic carbocycles. The molecule has 0 unspecified atom stereocenters. The largest absolute Gasteiger partial charge is 0.465 e. The minimum atomic E-state index is -1.12. The summed E-state index contributed by atoms with van der Waals surface area (Å²) in [6.45, 7) is 4.48. The average molecular weight is 425 g/mol. The van der Waals surface area contributed by atoms with Gasteiger partial charge in [0.15, 0.2) is 12.3 Å². The Balaban J connectivity index is 2.38. The highest BCUT2D eigenvalue weighted by Crippen LogP contribution is 2.36. The predicted molar refractivity (Wildman–Crippen MR) is 99.0 cm³/mol. The van der Waals surface area contributed by atoms with Crippen molar-refractivity contribution in [2.24, 2.45) is 5.92 Å². The van der Waals surface area contributed by atoms with Crippen LogP contribution in [0, 0.1) is 5.92 Å². The minimum absolute atomic E-state index is 0.0405. The van der Waals surface area contributed by atoms with Gasteiger partial charge in [-0.05, 0) is 6.07 Å². The Bertz CT molecular complexity index is 882. The average Bonchev–Trinajstić information content (AvgIpc) is 2.94. The number of hydrogen-bond donors (Lipinski definition) is 1. The number of esters is 3. The van der Waals surface area contributed by atoms with Gasteiger partial charge in [0.05, 0.1) is 5.92 Å². The molecule has 0 radical (unpaired) electrons. The van der Waals surface area contributed by atoms with Crippen molar-refractivity contribution < 1.29 is 38.1 Å². The van der Waals surface area contributed by atoms with Gasteiger partial charge in [0.1, 0.15) is 25.1 Å². The summed E-state index contributed by atoms with van der Waals surface area (Å²) in [6.07, 6.45) is -1.67. The summed E-state index contributed by atoms with van der Waals surface area (Å²) >= 11 is 0. The van der Waals surface area contributed by atoms with Crippen molar-refractivity contribution in [3.05, 3.63) is 22.7 Å². The lowest BCUT2D eigenvalue weighted by Crippen LogP contribution is -2.38. The normalized spacial score (nSPS) is 22.8. The fraction of sp³-hybridized carbons (Fsp3) is 0.556. The van der Waals surface area contributed by atoms with Crippen LogP contribution < -0.4 is 11.0 Å². The molecule has 1 aromatic rings. The lowest BCUT2D eigenvalue weighted by Gasteiger charge is -2.24. The lowest BCUT2D eigenvalue weighted by atomic mass is 9.99. The molecule has 30 heavy (non-hydrogen) atoms. The van der Waals surface area contributed by atoms with Crippen molar-refractivity contribution in [2.75, 3.05) is 18.5 Å². The van der Waals surface area contributed by atoms with Crippen molar-refractivity contribution in [1.82, 2.24) is 9.55 Å². The number of anilines is 1. The summed E-state index contributed by atoms with van der Waals surface area (Å²) in [4.78, 5) is 61.6. The van der Waals surface area contributed by atoms with Crippen LogP contribution in [0.25, 0.3) is 0 Å². The van der Waals surface area contributed by atoms with Gasteiger partial charge in [-0.15, -0.1) is 0 Å². The predicted octanol–water partition coefficient (Wildman–Crippen LogP) is -0.227. The van der Waals surface area contributed by atoms with Crippen LogP contribution in [0.3, 0.4) is 0 Å². The first-order chi connectivity index (χ1) is 14.1. The molecule has 1 amide bonds. The van der Waals surface area contributed by atoms with Crippen molar-refractivity contribution in [1.29, 1.82) is 0 Å². The molecule has 1 aliphatic heterocycles. The molecular weight excluding hydrogens is 402 g/mol. The Kier molecular flexibility index (Phi) is 7.64. The Morgan fingerprint density at radius 2 is 1.70 bits per heavy atom. The van der Waals surface area contributed by atoms with E-state index in [1.54, 1.807) is 0 Å². The summed E-state index contributed by atoms with van der Waals surface area (Å²) in [5.74, 6) is -2.86. The van der Waals surface area contributed by atoms with Gasteiger partial charge in [0, 0.05) is 33.9 Å². The summed E-state index contributed by atoms with van der Waals surface area (Å²) in [7, 11) is 0. The fourth-order valence-corrected chi connectivity index (χ4v) is 2.98. The number of hydrogen-bond acceptors (Lipinski definition) is 10. The zero-order chi connectivity index (χ0) is 22.4. The summed E-state index contributed by atoms with van der Waals surface area (Å²) < 4.78 is 22.3. The second-order valence-corrected chi connectivity index (χ2v) is 6.59. The van der Waals surface area contributed by atoms with Gasteiger partial charge in [-0.3, -0.25) is 23.7 Å². The molecule has 164 valence electrons. The third-order valence-corrected chi connectivity index (χ3v) is 4.13. The number of aromatic nitrogens is 2. The Hall–Kier alpha value is -3.28. The van der Waals surface area contributed by atoms with Crippen LogP contribution in [0.4, 0.5) is 5.82 Å². The van der Waals surface area contributed by atoms with Crippen molar-refractivity contribution in [3.63, 3.8) is 0 Å². The Morgan fingerprint density at radius 1 is 1.07 bits per heavy atom. The first-order valence-electron chi connectivity index (χ1n) is 9.04. The quantitative estimate of drug-likeness (QED) is 0.458. The standard InChI is InChI=1S/C18H23N3O9/c1-9(22)19-15-5-6-21(18(26)20-15)17-16(29-12(4)25)13(7-27-10(2)23)14(30-17)8-28-11(3)24/h5-6,13-14,16-17H,7-8H2,1-4H3,(H,19,20,22,26)/t13-,14-,16-,17-/m0/s1. The van der Waals surface area contributed by atoms with Gasteiger partial charge in [-0.1, -0.05) is 0 Å². The van der Waals surface area contributed by atoms with Gasteiger partial charge in [-0.25, -0.2) is 4.79 Å². The molecule has 1 aliphatic rings. The van der Waals surface area contributed by atoms with E-state index in [2.05, 4.69) is 10.3 Å². The highest BCUT2D eigenvalue weighted by molar-refractivity contribution is 5.87. The van der Waals surface area contributed by atoms with Crippen LogP contribution in [-0.4, -0.2) is 58.8 Å². The lowest BCUT2D eigenvalue weighted by molar-refractivity contribution is -0.155. The summed E-state index contributed by atoms with van der Waals surface area (Å²) in [5.41, 5.74) is -0.775. The molecule has 1 saturated heterocycles. The van der Waals surface area contributed by atoms with Crippen LogP contribution >= 0.6 is 0 Å². The molecule has 1 N–H and O–H groups in total. The van der Waals surface area contributed by atoms with Gasteiger partial charge < -0.3 is 24.3 Å². The summed E-state index contributed by atoms with van der Waals surface area (Å²) in [6, 6.07) is 1.37. The fourth-order valence-electron chi connectivity index (χ4n) is 2.98. The molecule has 1 fully saturated rings. The zero-order valence-corrected chi connectivity index (χ0v) is 16.9. The van der Waals surface area contributed by atoms with Gasteiger partial charge in [0.2, 0.25) is 5.91 Å². The van der Waals surface area contributed by atoms with E-state index in [0.717, 1.165) is 4.57 Å². The minimum Gasteiger partial charge on any atom is -0.465 e. The zero-order valence-electron chi connectivity index (χ0n) is 16.9. The number of carbonyl (C=O) groups excluding carboxylic acids is 4. The second-order valence-electron chi connectivity index (χ2n) is 6.59. The first-order valence-corrected chi connectivity index (χ1v) is 9.04. The molecule has 0 bridgehead atoms. The SMILES string of the molecule is CC(=O)Nc1ccn([C@H]2O[C@@H](COC(C)=O)[C@H](COC(C)=O)[C@@H]2OC(C)=O)c(=O)n1. The van der Waals surface area contributed by atoms with Crippen LogP contribution in [0.1, 0.15) is 33.9 Å². The molecular formula is C18H23N3O9. The molecule has 0 saturated carbocycles. The van der Waals surface area contributed by atoms with E-state index in [-0.39, 0.29) is 19.0 Å². The number of amides is 1. The van der Waals surface area contributed by atoms with E-state index < -0.39 is 53.9 Å². The molecule has 2 heterocycles. The van der Waals surface area contributed by atoms with E-state index in [0.29, 0.717) is 0 Å². The van der Waals surface area contributed by atoms with Crippen molar-refractivity contribution in [2.45, 2.75) is 46.1 Å². The van der Waals surface area contributed by atoms with E-state index in [9.17, 15) is 24.0 Å². The van der Waals surface area contributed by atoms with Gasteiger partial charge >= 0.3 is 23.6 Å². The molecule has 4 atom stereocenters. The topological polar surface area (TPSA) is 152 Å². The third-order valence-electron chi connectivity index (χ3n) is 4.13. The third kappa shape index (κ3) is 6.11.